The van der Waals surface area contributed by atoms with E-state index in [1.54, 1.807) is 12.1 Å². The molecule has 1 heterocycles. The summed E-state index contributed by atoms with van der Waals surface area (Å²) >= 11 is 6.96. The Hall–Kier alpha value is -1.65. The lowest BCUT2D eigenvalue weighted by molar-refractivity contribution is -0.128. The Kier molecular flexibility index (Phi) is 5.75. The van der Waals surface area contributed by atoms with E-state index in [0.717, 1.165) is 5.56 Å². The molecule has 3 rings (SSSR count). The van der Waals surface area contributed by atoms with Crippen molar-refractivity contribution in [2.75, 3.05) is 4.90 Å². The number of rotatable bonds is 5. The van der Waals surface area contributed by atoms with Crippen molar-refractivity contribution >= 4 is 45.0 Å². The number of alkyl halides is 1. The van der Waals surface area contributed by atoms with E-state index in [1.165, 1.54) is 26.7 Å². The Bertz CT molecular complexity index is 908. The third kappa shape index (κ3) is 3.42. The Labute approximate surface area is 179 Å². The number of hydrogen-bond donors (Lipinski definition) is 1. The van der Waals surface area contributed by atoms with Crippen LogP contribution < -0.4 is 9.62 Å². The number of halogens is 1. The zero-order chi connectivity index (χ0) is 20.6. The van der Waals surface area contributed by atoms with Gasteiger partial charge >= 0.3 is 0 Å². The van der Waals surface area contributed by atoms with Crippen LogP contribution in [0.1, 0.15) is 31.9 Å². The molecule has 0 spiro atoms. The molecule has 1 saturated heterocycles. The standard InChI is InChI=1S/C21H22ClN3OS2/c1-15-10-12-17(13-11-15)25-18(26)21(22,16-8-6-5-7-9-16)20(25,14-23)27-28-24-19(2,3)4/h5-13,24H,1-4H3/t20-,21-/m1/s1. The maximum atomic E-state index is 13.3. The van der Waals surface area contributed by atoms with Crippen LogP contribution in [0.4, 0.5) is 5.69 Å². The van der Waals surface area contributed by atoms with Gasteiger partial charge in [-0.25, -0.2) is 4.72 Å². The average molecular weight is 432 g/mol. The number of nitrogens with zero attached hydrogens (tertiary/aromatic N) is 2. The molecular formula is C21H22ClN3OS2. The van der Waals surface area contributed by atoms with E-state index in [4.69, 9.17) is 11.6 Å². The topological polar surface area (TPSA) is 56.1 Å². The Balaban J connectivity index is 2.06. The molecule has 2 aromatic carbocycles. The molecule has 0 aliphatic carbocycles. The molecular weight excluding hydrogens is 410 g/mol. The summed E-state index contributed by atoms with van der Waals surface area (Å²) in [4.78, 5) is 12.0. The molecule has 0 bridgehead atoms. The smallest absolute Gasteiger partial charge is 0.259 e. The third-order valence-electron chi connectivity index (χ3n) is 4.41. The van der Waals surface area contributed by atoms with Gasteiger partial charge < -0.3 is 0 Å². The molecule has 1 aliphatic heterocycles. The summed E-state index contributed by atoms with van der Waals surface area (Å²) in [6.45, 7) is 8.09. The molecule has 1 aliphatic rings. The zero-order valence-electron chi connectivity index (χ0n) is 16.2. The number of benzene rings is 2. The fourth-order valence-corrected chi connectivity index (χ4v) is 6.54. The quantitative estimate of drug-likeness (QED) is 0.298. The summed E-state index contributed by atoms with van der Waals surface area (Å²) < 4.78 is 3.30. The Morgan fingerprint density at radius 1 is 1.11 bits per heavy atom. The highest BCUT2D eigenvalue weighted by atomic mass is 35.5. The first-order valence-corrected chi connectivity index (χ1v) is 11.4. The summed E-state index contributed by atoms with van der Waals surface area (Å²) in [5.74, 6) is -0.297. The number of hydrogen-bond acceptors (Lipinski definition) is 5. The normalized spacial score (nSPS) is 24.6. The molecule has 28 heavy (non-hydrogen) atoms. The van der Waals surface area contributed by atoms with Crippen LogP contribution in [-0.4, -0.2) is 16.3 Å². The summed E-state index contributed by atoms with van der Waals surface area (Å²) in [5, 5.41) is 10.3. The molecule has 2 aromatic rings. The zero-order valence-corrected chi connectivity index (χ0v) is 18.6. The van der Waals surface area contributed by atoms with Crippen LogP contribution >= 0.6 is 33.4 Å². The predicted octanol–water partition coefficient (Wildman–Crippen LogP) is 5.38. The van der Waals surface area contributed by atoms with Crippen LogP contribution in [0.5, 0.6) is 0 Å². The molecule has 1 amide bonds. The van der Waals surface area contributed by atoms with E-state index in [9.17, 15) is 10.1 Å². The molecule has 2 atom stereocenters. The molecule has 0 aromatic heterocycles. The van der Waals surface area contributed by atoms with E-state index in [0.29, 0.717) is 11.3 Å². The molecule has 1 N–H and O–H groups in total. The summed E-state index contributed by atoms with van der Waals surface area (Å²) in [7, 11) is 2.60. The maximum Gasteiger partial charge on any atom is 0.259 e. The molecule has 4 nitrogen and oxygen atoms in total. The first kappa shape index (κ1) is 21.1. The van der Waals surface area contributed by atoms with Crippen molar-refractivity contribution in [1.82, 2.24) is 4.72 Å². The van der Waals surface area contributed by atoms with Crippen molar-refractivity contribution in [3.63, 3.8) is 0 Å². The van der Waals surface area contributed by atoms with Crippen molar-refractivity contribution < 1.29 is 4.79 Å². The van der Waals surface area contributed by atoms with Gasteiger partial charge in [0.2, 0.25) is 4.87 Å². The van der Waals surface area contributed by atoms with Crippen molar-refractivity contribution in [2.24, 2.45) is 0 Å². The number of nitriles is 1. The van der Waals surface area contributed by atoms with Crippen molar-refractivity contribution in [3.05, 3.63) is 65.7 Å². The molecule has 1 fully saturated rings. The van der Waals surface area contributed by atoms with Gasteiger partial charge in [-0.15, -0.1) is 0 Å². The van der Waals surface area contributed by atoms with Crippen LogP contribution in [0.15, 0.2) is 54.6 Å². The molecule has 7 heteroatoms. The first-order valence-electron chi connectivity index (χ1n) is 8.84. The van der Waals surface area contributed by atoms with Crippen LogP contribution in [-0.2, 0) is 9.67 Å². The second-order valence-corrected chi connectivity index (χ2v) is 10.5. The predicted molar refractivity (Wildman–Crippen MR) is 119 cm³/mol. The van der Waals surface area contributed by atoms with E-state index in [1.807, 2.05) is 70.2 Å². The summed E-state index contributed by atoms with van der Waals surface area (Å²) in [6.07, 6.45) is 0. The second-order valence-electron chi connectivity index (χ2n) is 7.78. The maximum absolute atomic E-state index is 13.3. The number of carbonyl (C=O) groups excluding carboxylic acids is 1. The Morgan fingerprint density at radius 2 is 1.71 bits per heavy atom. The van der Waals surface area contributed by atoms with E-state index >= 15 is 0 Å². The van der Waals surface area contributed by atoms with Crippen LogP contribution in [0.2, 0.25) is 0 Å². The number of aryl methyl sites for hydroxylation is 1. The first-order chi connectivity index (χ1) is 13.2. The number of nitrogens with one attached hydrogen (secondary N) is 1. The fourth-order valence-electron chi connectivity index (χ4n) is 2.97. The van der Waals surface area contributed by atoms with Crippen LogP contribution in [0.25, 0.3) is 0 Å². The summed E-state index contributed by atoms with van der Waals surface area (Å²) in [5.41, 5.74) is 2.21. The van der Waals surface area contributed by atoms with Crippen LogP contribution in [0, 0.1) is 18.3 Å². The number of amides is 1. The lowest BCUT2D eigenvalue weighted by atomic mass is 9.79. The fraction of sp³-hybridized carbons (Fsp3) is 0.333. The van der Waals surface area contributed by atoms with E-state index in [-0.39, 0.29) is 11.4 Å². The minimum absolute atomic E-state index is 0.154. The SMILES string of the molecule is Cc1ccc(N2C(=O)[C@](Cl)(c3ccccc3)[C@@]2(C#N)SSNC(C)(C)C)cc1. The molecule has 0 saturated carbocycles. The van der Waals surface area contributed by atoms with Gasteiger partial charge in [0.15, 0.2) is 4.87 Å². The number of carbonyl (C=O) groups is 1. The van der Waals surface area contributed by atoms with Gasteiger partial charge in [-0.1, -0.05) is 59.6 Å². The van der Waals surface area contributed by atoms with Gasteiger partial charge in [0.05, 0.1) is 0 Å². The average Bonchev–Trinajstić information content (AvgIpc) is 2.67. The van der Waals surface area contributed by atoms with Crippen molar-refractivity contribution in [1.29, 1.82) is 5.26 Å². The Morgan fingerprint density at radius 3 is 2.25 bits per heavy atom. The minimum Gasteiger partial charge on any atom is -0.279 e. The lowest BCUT2D eigenvalue weighted by Gasteiger charge is -2.57. The third-order valence-corrected chi connectivity index (χ3v) is 7.99. The van der Waals surface area contributed by atoms with Gasteiger partial charge in [0, 0.05) is 11.2 Å². The molecule has 0 radical (unpaired) electrons. The largest absolute Gasteiger partial charge is 0.279 e. The van der Waals surface area contributed by atoms with Gasteiger partial charge in [-0.2, -0.15) is 5.26 Å². The molecule has 146 valence electrons. The second kappa shape index (κ2) is 7.64. The van der Waals surface area contributed by atoms with E-state index in [2.05, 4.69) is 10.8 Å². The van der Waals surface area contributed by atoms with E-state index < -0.39 is 9.75 Å². The van der Waals surface area contributed by atoms with Crippen LogP contribution in [0.3, 0.4) is 0 Å². The monoisotopic (exact) mass is 431 g/mol. The number of β-lactam (4-membered cyclic amide) rings is 1. The lowest BCUT2D eigenvalue weighted by Crippen LogP contribution is -2.76. The summed E-state index contributed by atoms with van der Waals surface area (Å²) in [6, 6.07) is 19.0. The van der Waals surface area contributed by atoms with Gasteiger partial charge in [-0.05, 0) is 67.2 Å². The highest BCUT2D eigenvalue weighted by Crippen LogP contribution is 2.62. The van der Waals surface area contributed by atoms with Gasteiger partial charge in [0.25, 0.3) is 5.91 Å². The number of anilines is 1. The highest BCUT2D eigenvalue weighted by molar-refractivity contribution is 8.76. The van der Waals surface area contributed by atoms with Gasteiger partial charge in [0.1, 0.15) is 6.07 Å². The van der Waals surface area contributed by atoms with Crippen molar-refractivity contribution in [2.45, 2.75) is 43.0 Å². The van der Waals surface area contributed by atoms with Gasteiger partial charge in [-0.3, -0.25) is 9.69 Å². The van der Waals surface area contributed by atoms with Crippen molar-refractivity contribution in [3.8, 4) is 6.07 Å². The minimum atomic E-state index is -1.47. The highest BCUT2D eigenvalue weighted by Gasteiger charge is 2.74. The molecule has 0 unspecified atom stereocenters.